The van der Waals surface area contributed by atoms with Gasteiger partial charge < -0.3 is 29.2 Å². The highest BCUT2D eigenvalue weighted by Crippen LogP contribution is 2.39. The minimum atomic E-state index is 0. The summed E-state index contributed by atoms with van der Waals surface area (Å²) in [6, 6.07) is 4.52. The van der Waals surface area contributed by atoms with E-state index in [0.717, 1.165) is 69.6 Å². The molecule has 1 unspecified atom stereocenters. The highest BCUT2D eigenvalue weighted by atomic mass is 127. The standard InChI is InChI=1S/C21H34N4O4.HI/c1-22-21(25-10-8-17(15-25)24-11-13-29-14-12-24)23-9-7-16-5-6-18(26-2)20(28-4)19(16)27-3;/h5-6,17H,7-15H2,1-4H3,(H,22,23);1H. The maximum atomic E-state index is 5.59. The monoisotopic (exact) mass is 534 g/mol. The molecule has 1 aromatic rings. The zero-order valence-electron chi connectivity index (χ0n) is 18.5. The quantitative estimate of drug-likeness (QED) is 0.326. The van der Waals surface area contributed by atoms with Crippen molar-refractivity contribution in [1.29, 1.82) is 0 Å². The summed E-state index contributed by atoms with van der Waals surface area (Å²) < 4.78 is 21.9. The summed E-state index contributed by atoms with van der Waals surface area (Å²) >= 11 is 0. The van der Waals surface area contributed by atoms with Crippen molar-refractivity contribution in [2.45, 2.75) is 18.9 Å². The van der Waals surface area contributed by atoms with Crippen LogP contribution in [0.4, 0.5) is 0 Å². The van der Waals surface area contributed by atoms with Crippen molar-refractivity contribution in [2.75, 3.05) is 74.3 Å². The molecule has 1 aromatic carbocycles. The molecule has 2 fully saturated rings. The van der Waals surface area contributed by atoms with Gasteiger partial charge in [-0.2, -0.15) is 0 Å². The largest absolute Gasteiger partial charge is 0.493 e. The van der Waals surface area contributed by atoms with Crippen molar-refractivity contribution in [3.63, 3.8) is 0 Å². The summed E-state index contributed by atoms with van der Waals surface area (Å²) in [5.41, 5.74) is 1.07. The molecular weight excluding hydrogens is 499 g/mol. The van der Waals surface area contributed by atoms with Crippen molar-refractivity contribution in [3.8, 4) is 17.2 Å². The number of morpholine rings is 1. The molecule has 0 saturated carbocycles. The number of halogens is 1. The second-order valence-corrected chi connectivity index (χ2v) is 7.25. The molecule has 2 saturated heterocycles. The fourth-order valence-corrected chi connectivity index (χ4v) is 4.18. The number of guanidine groups is 1. The van der Waals surface area contributed by atoms with Gasteiger partial charge in [0.15, 0.2) is 17.5 Å². The van der Waals surface area contributed by atoms with E-state index in [1.807, 2.05) is 19.2 Å². The van der Waals surface area contributed by atoms with E-state index in [9.17, 15) is 0 Å². The van der Waals surface area contributed by atoms with Crippen LogP contribution in [0.5, 0.6) is 17.2 Å². The van der Waals surface area contributed by atoms with Crippen LogP contribution in [0.1, 0.15) is 12.0 Å². The summed E-state index contributed by atoms with van der Waals surface area (Å²) in [5, 5.41) is 3.51. The molecule has 30 heavy (non-hydrogen) atoms. The van der Waals surface area contributed by atoms with Gasteiger partial charge in [-0.25, -0.2) is 0 Å². The Bertz CT molecular complexity index is 698. The summed E-state index contributed by atoms with van der Waals surface area (Å²) in [4.78, 5) is 9.40. The van der Waals surface area contributed by atoms with Crippen molar-refractivity contribution in [1.82, 2.24) is 15.1 Å². The van der Waals surface area contributed by atoms with Gasteiger partial charge in [0.2, 0.25) is 5.75 Å². The molecule has 170 valence electrons. The molecule has 0 aliphatic carbocycles. The molecule has 3 rings (SSSR count). The number of hydrogen-bond donors (Lipinski definition) is 1. The number of nitrogens with zero attached hydrogens (tertiary/aromatic N) is 3. The minimum absolute atomic E-state index is 0. The zero-order chi connectivity index (χ0) is 20.6. The first-order valence-corrected chi connectivity index (χ1v) is 10.3. The van der Waals surface area contributed by atoms with Crippen LogP contribution < -0.4 is 19.5 Å². The van der Waals surface area contributed by atoms with Gasteiger partial charge in [-0.05, 0) is 18.9 Å². The van der Waals surface area contributed by atoms with Crippen LogP contribution >= 0.6 is 24.0 Å². The molecule has 0 spiro atoms. The second kappa shape index (κ2) is 12.4. The van der Waals surface area contributed by atoms with E-state index >= 15 is 0 Å². The van der Waals surface area contributed by atoms with Crippen LogP contribution in [0.3, 0.4) is 0 Å². The van der Waals surface area contributed by atoms with Gasteiger partial charge in [-0.1, -0.05) is 6.07 Å². The smallest absolute Gasteiger partial charge is 0.203 e. The van der Waals surface area contributed by atoms with E-state index in [2.05, 4.69) is 20.1 Å². The van der Waals surface area contributed by atoms with E-state index < -0.39 is 0 Å². The summed E-state index contributed by atoms with van der Waals surface area (Å²) in [5.74, 6) is 2.98. The van der Waals surface area contributed by atoms with Gasteiger partial charge in [0.1, 0.15) is 0 Å². The summed E-state index contributed by atoms with van der Waals surface area (Å²) in [6.07, 6.45) is 1.97. The Morgan fingerprint density at radius 1 is 1.10 bits per heavy atom. The van der Waals surface area contributed by atoms with E-state index in [0.29, 0.717) is 17.5 Å². The van der Waals surface area contributed by atoms with Gasteiger partial charge >= 0.3 is 0 Å². The molecule has 2 heterocycles. The maximum absolute atomic E-state index is 5.59. The lowest BCUT2D eigenvalue weighted by Gasteiger charge is -2.32. The lowest BCUT2D eigenvalue weighted by atomic mass is 10.1. The molecule has 8 nitrogen and oxygen atoms in total. The number of benzene rings is 1. The van der Waals surface area contributed by atoms with Crippen molar-refractivity contribution < 1.29 is 18.9 Å². The Hall–Kier alpha value is -1.46. The lowest BCUT2D eigenvalue weighted by molar-refractivity contribution is 0.0195. The molecule has 9 heteroatoms. The van der Waals surface area contributed by atoms with Gasteiger partial charge in [-0.15, -0.1) is 24.0 Å². The van der Waals surface area contributed by atoms with Crippen LogP contribution in [0.15, 0.2) is 17.1 Å². The van der Waals surface area contributed by atoms with Crippen molar-refractivity contribution in [3.05, 3.63) is 17.7 Å². The van der Waals surface area contributed by atoms with Gasteiger partial charge in [-0.3, -0.25) is 9.89 Å². The highest BCUT2D eigenvalue weighted by Gasteiger charge is 2.30. The molecule has 0 amide bonds. The van der Waals surface area contributed by atoms with E-state index in [1.54, 1.807) is 21.3 Å². The molecule has 2 aliphatic heterocycles. The number of ether oxygens (including phenoxy) is 4. The normalized spacial score (nSPS) is 19.9. The average Bonchev–Trinajstić information content (AvgIpc) is 3.26. The highest BCUT2D eigenvalue weighted by molar-refractivity contribution is 14.0. The topological polar surface area (TPSA) is 67.8 Å². The number of aliphatic imine (C=N–C) groups is 1. The van der Waals surface area contributed by atoms with Crippen molar-refractivity contribution >= 4 is 29.9 Å². The Balaban J connectivity index is 0.00000320. The Labute approximate surface area is 196 Å². The number of hydrogen-bond acceptors (Lipinski definition) is 6. The molecule has 0 bridgehead atoms. The van der Waals surface area contributed by atoms with Crippen LogP contribution in [-0.4, -0.2) is 96.1 Å². The first-order valence-electron chi connectivity index (χ1n) is 10.3. The molecule has 0 aromatic heterocycles. The van der Waals surface area contributed by atoms with Crippen molar-refractivity contribution in [2.24, 2.45) is 4.99 Å². The number of methoxy groups -OCH3 is 3. The number of likely N-dealkylation sites (tertiary alicyclic amines) is 1. The molecular formula is C21H35IN4O4. The summed E-state index contributed by atoms with van der Waals surface area (Å²) in [7, 11) is 6.76. The minimum Gasteiger partial charge on any atom is -0.493 e. The maximum Gasteiger partial charge on any atom is 0.203 e. The van der Waals surface area contributed by atoms with E-state index in [-0.39, 0.29) is 24.0 Å². The number of rotatable bonds is 7. The summed E-state index contributed by atoms with van der Waals surface area (Å²) in [6.45, 7) is 6.55. The SMILES string of the molecule is CN=C(NCCc1ccc(OC)c(OC)c1OC)N1CCC(N2CCOCC2)C1.I. The van der Waals surface area contributed by atoms with Gasteiger partial charge in [0.05, 0.1) is 34.5 Å². The first-order chi connectivity index (χ1) is 14.2. The zero-order valence-corrected chi connectivity index (χ0v) is 20.8. The van der Waals surface area contributed by atoms with E-state index in [4.69, 9.17) is 18.9 Å². The van der Waals surface area contributed by atoms with Crippen LogP contribution in [-0.2, 0) is 11.2 Å². The third-order valence-corrected chi connectivity index (χ3v) is 5.70. The second-order valence-electron chi connectivity index (χ2n) is 7.25. The van der Waals surface area contributed by atoms with Crippen LogP contribution in [0.2, 0.25) is 0 Å². The molecule has 1 N–H and O–H groups in total. The third kappa shape index (κ3) is 5.82. The number of nitrogens with one attached hydrogen (secondary N) is 1. The average molecular weight is 534 g/mol. The predicted octanol–water partition coefficient (Wildman–Crippen LogP) is 1.85. The Morgan fingerprint density at radius 2 is 1.83 bits per heavy atom. The van der Waals surface area contributed by atoms with E-state index in [1.165, 1.54) is 6.42 Å². The lowest BCUT2D eigenvalue weighted by Crippen LogP contribution is -2.46. The fraction of sp³-hybridized carbons (Fsp3) is 0.667. The van der Waals surface area contributed by atoms with Crippen LogP contribution in [0.25, 0.3) is 0 Å². The molecule has 1 atom stereocenters. The van der Waals surface area contributed by atoms with Crippen LogP contribution in [0, 0.1) is 0 Å². The Morgan fingerprint density at radius 3 is 2.47 bits per heavy atom. The van der Waals surface area contributed by atoms with Gasteiger partial charge in [0.25, 0.3) is 0 Å². The third-order valence-electron chi connectivity index (χ3n) is 5.70. The first kappa shape index (κ1) is 24.8. The Kier molecular flexibility index (Phi) is 10.3. The van der Waals surface area contributed by atoms with Gasteiger partial charge in [0, 0.05) is 51.4 Å². The molecule has 0 radical (unpaired) electrons. The molecule has 2 aliphatic rings. The predicted molar refractivity (Wildman–Crippen MR) is 129 cm³/mol. The fourth-order valence-electron chi connectivity index (χ4n) is 4.18.